The minimum Gasteiger partial charge on any atom is -0.307 e. The molecule has 0 atom stereocenters. The molecule has 1 aromatic heterocycles. The predicted molar refractivity (Wildman–Crippen MR) is 46.7 cm³/mol. The first kappa shape index (κ1) is 7.68. The lowest BCUT2D eigenvalue weighted by atomic mass is 10.0. The van der Waals surface area contributed by atoms with Crippen LogP contribution in [0.3, 0.4) is 0 Å². The summed E-state index contributed by atoms with van der Waals surface area (Å²) in [5, 5.41) is 3.28. The van der Waals surface area contributed by atoms with Gasteiger partial charge in [-0.1, -0.05) is 13.8 Å². The minimum atomic E-state index is 0.502. The van der Waals surface area contributed by atoms with E-state index in [1.165, 1.54) is 17.0 Å². The van der Waals surface area contributed by atoms with Crippen molar-refractivity contribution in [3.63, 3.8) is 0 Å². The van der Waals surface area contributed by atoms with Crippen molar-refractivity contribution in [2.75, 3.05) is 0 Å². The zero-order chi connectivity index (χ0) is 8.55. The first-order chi connectivity index (χ1) is 5.79. The first-order valence-corrected chi connectivity index (χ1v) is 4.32. The van der Waals surface area contributed by atoms with Crippen LogP contribution in [0, 0.1) is 0 Å². The van der Waals surface area contributed by atoms with Crippen LogP contribution in [0.2, 0.25) is 0 Å². The van der Waals surface area contributed by atoms with E-state index in [1.54, 1.807) is 6.33 Å². The second-order valence-corrected chi connectivity index (χ2v) is 3.44. The van der Waals surface area contributed by atoms with Crippen LogP contribution in [0.25, 0.3) is 0 Å². The predicted octanol–water partition coefficient (Wildman–Crippen LogP) is 1.20. The van der Waals surface area contributed by atoms with Gasteiger partial charge in [-0.25, -0.2) is 9.97 Å². The van der Waals surface area contributed by atoms with E-state index in [-0.39, 0.29) is 0 Å². The molecular weight excluding hydrogens is 150 g/mol. The Hall–Kier alpha value is -0.960. The third-order valence-electron chi connectivity index (χ3n) is 2.21. The lowest BCUT2D eigenvalue weighted by Gasteiger charge is -2.07. The van der Waals surface area contributed by atoms with E-state index in [1.807, 2.05) is 0 Å². The van der Waals surface area contributed by atoms with Crippen LogP contribution in [0.5, 0.6) is 0 Å². The van der Waals surface area contributed by atoms with Gasteiger partial charge in [0.1, 0.15) is 6.33 Å². The van der Waals surface area contributed by atoms with Gasteiger partial charge in [0.2, 0.25) is 0 Å². The Morgan fingerprint density at radius 2 is 2.17 bits per heavy atom. The molecule has 2 heterocycles. The zero-order valence-electron chi connectivity index (χ0n) is 7.46. The molecule has 0 amide bonds. The van der Waals surface area contributed by atoms with E-state index in [2.05, 4.69) is 29.1 Å². The van der Waals surface area contributed by atoms with E-state index < -0.39 is 0 Å². The number of fused-ring (bicyclic) bond motifs is 1. The quantitative estimate of drug-likeness (QED) is 0.676. The van der Waals surface area contributed by atoms with E-state index in [0.29, 0.717) is 5.92 Å². The third kappa shape index (κ3) is 1.10. The molecule has 0 aliphatic carbocycles. The highest BCUT2D eigenvalue weighted by Crippen LogP contribution is 2.21. The maximum atomic E-state index is 4.30. The van der Waals surface area contributed by atoms with Crippen LogP contribution >= 0.6 is 0 Å². The van der Waals surface area contributed by atoms with Gasteiger partial charge in [-0.3, -0.25) is 0 Å². The molecule has 0 saturated heterocycles. The third-order valence-corrected chi connectivity index (χ3v) is 2.21. The van der Waals surface area contributed by atoms with Crippen molar-refractivity contribution >= 4 is 0 Å². The second-order valence-electron chi connectivity index (χ2n) is 3.44. The van der Waals surface area contributed by atoms with E-state index >= 15 is 0 Å². The number of hydrogen-bond donors (Lipinski definition) is 1. The number of hydrogen-bond acceptors (Lipinski definition) is 3. The average molecular weight is 163 g/mol. The highest BCUT2D eigenvalue weighted by molar-refractivity contribution is 5.29. The van der Waals surface area contributed by atoms with Gasteiger partial charge >= 0.3 is 0 Å². The van der Waals surface area contributed by atoms with Crippen molar-refractivity contribution in [1.82, 2.24) is 15.3 Å². The largest absolute Gasteiger partial charge is 0.307 e. The van der Waals surface area contributed by atoms with Crippen LogP contribution in [0.15, 0.2) is 6.33 Å². The topological polar surface area (TPSA) is 37.8 Å². The van der Waals surface area contributed by atoms with Crippen LogP contribution in [-0.4, -0.2) is 9.97 Å². The van der Waals surface area contributed by atoms with Gasteiger partial charge in [0.15, 0.2) is 0 Å². The Morgan fingerprint density at radius 3 is 2.92 bits per heavy atom. The highest BCUT2D eigenvalue weighted by atomic mass is 15.0. The summed E-state index contributed by atoms with van der Waals surface area (Å²) in [5.41, 5.74) is 3.69. The Balaban J connectivity index is 2.49. The smallest absolute Gasteiger partial charge is 0.116 e. The van der Waals surface area contributed by atoms with Gasteiger partial charge in [0.25, 0.3) is 0 Å². The molecule has 12 heavy (non-hydrogen) atoms. The van der Waals surface area contributed by atoms with Gasteiger partial charge in [0.05, 0.1) is 11.4 Å². The molecule has 1 aliphatic rings. The molecule has 0 aromatic carbocycles. The second kappa shape index (κ2) is 2.83. The highest BCUT2D eigenvalue weighted by Gasteiger charge is 2.17. The maximum Gasteiger partial charge on any atom is 0.116 e. The van der Waals surface area contributed by atoms with Crippen molar-refractivity contribution < 1.29 is 0 Å². The van der Waals surface area contributed by atoms with Crippen molar-refractivity contribution in [2.24, 2.45) is 0 Å². The Kier molecular flexibility index (Phi) is 1.81. The first-order valence-electron chi connectivity index (χ1n) is 4.32. The lowest BCUT2D eigenvalue weighted by molar-refractivity contribution is 0.746. The molecule has 0 spiro atoms. The molecule has 1 aromatic rings. The molecule has 1 N–H and O–H groups in total. The zero-order valence-corrected chi connectivity index (χ0v) is 7.46. The van der Waals surface area contributed by atoms with Gasteiger partial charge in [-0.05, 0) is 5.92 Å². The normalized spacial score (nSPS) is 15.2. The van der Waals surface area contributed by atoms with Crippen molar-refractivity contribution in [2.45, 2.75) is 32.9 Å². The molecule has 64 valence electrons. The molecule has 0 radical (unpaired) electrons. The molecule has 0 bridgehead atoms. The summed E-state index contributed by atoms with van der Waals surface area (Å²) in [6, 6.07) is 0. The summed E-state index contributed by atoms with van der Waals surface area (Å²) in [7, 11) is 0. The van der Waals surface area contributed by atoms with Gasteiger partial charge in [-0.15, -0.1) is 0 Å². The van der Waals surface area contributed by atoms with Crippen LogP contribution in [-0.2, 0) is 13.1 Å². The summed E-state index contributed by atoms with van der Waals surface area (Å²) in [5.74, 6) is 0.502. The maximum absolute atomic E-state index is 4.30. The molecule has 0 fully saturated rings. The van der Waals surface area contributed by atoms with Crippen molar-refractivity contribution in [3.05, 3.63) is 23.3 Å². The number of aromatic nitrogens is 2. The SMILES string of the molecule is CC(C)c1ncnc2c1CNC2. The molecule has 3 nitrogen and oxygen atoms in total. The standard InChI is InChI=1S/C9H13N3/c1-6(2)9-7-3-10-4-8(7)11-5-12-9/h5-6,10H,3-4H2,1-2H3. The fraction of sp³-hybridized carbons (Fsp3) is 0.556. The van der Waals surface area contributed by atoms with Gasteiger partial charge in [0, 0.05) is 18.7 Å². The fourth-order valence-corrected chi connectivity index (χ4v) is 1.61. The van der Waals surface area contributed by atoms with Crippen molar-refractivity contribution in [3.8, 4) is 0 Å². The molecule has 0 unspecified atom stereocenters. The lowest BCUT2D eigenvalue weighted by Crippen LogP contribution is -2.03. The molecule has 2 rings (SSSR count). The minimum absolute atomic E-state index is 0.502. The van der Waals surface area contributed by atoms with Crippen LogP contribution in [0.1, 0.15) is 36.7 Å². The summed E-state index contributed by atoms with van der Waals surface area (Å²) in [4.78, 5) is 8.53. The van der Waals surface area contributed by atoms with E-state index in [0.717, 1.165) is 13.1 Å². The van der Waals surface area contributed by atoms with Crippen LogP contribution < -0.4 is 5.32 Å². The summed E-state index contributed by atoms with van der Waals surface area (Å²) in [6.07, 6.45) is 1.67. The van der Waals surface area contributed by atoms with E-state index in [9.17, 15) is 0 Å². The number of rotatable bonds is 1. The summed E-state index contributed by atoms with van der Waals surface area (Å²) >= 11 is 0. The summed E-state index contributed by atoms with van der Waals surface area (Å²) in [6.45, 7) is 6.17. The number of nitrogens with one attached hydrogen (secondary N) is 1. The molecule has 1 aliphatic heterocycles. The Morgan fingerprint density at radius 1 is 1.33 bits per heavy atom. The number of nitrogens with zero attached hydrogens (tertiary/aromatic N) is 2. The molecular formula is C9H13N3. The van der Waals surface area contributed by atoms with Crippen molar-refractivity contribution in [1.29, 1.82) is 0 Å². The van der Waals surface area contributed by atoms with Crippen LogP contribution in [0.4, 0.5) is 0 Å². The van der Waals surface area contributed by atoms with Gasteiger partial charge < -0.3 is 5.32 Å². The Bertz CT molecular complexity index is 294. The Labute approximate surface area is 72.2 Å². The average Bonchev–Trinajstić information content (AvgIpc) is 2.49. The fourth-order valence-electron chi connectivity index (χ4n) is 1.61. The van der Waals surface area contributed by atoms with E-state index in [4.69, 9.17) is 0 Å². The summed E-state index contributed by atoms with van der Waals surface area (Å²) < 4.78 is 0. The molecule has 0 saturated carbocycles. The monoisotopic (exact) mass is 163 g/mol. The molecule has 3 heteroatoms. The van der Waals surface area contributed by atoms with Gasteiger partial charge in [-0.2, -0.15) is 0 Å².